The van der Waals surface area contributed by atoms with Gasteiger partial charge in [0.2, 0.25) is 0 Å². The topological polar surface area (TPSA) is 38.7 Å². The maximum Gasteiger partial charge on any atom is 0.164 e. The number of rotatable bonds is 4. The van der Waals surface area contributed by atoms with Crippen molar-refractivity contribution in [2.24, 2.45) is 0 Å². The third-order valence-corrected chi connectivity index (χ3v) is 10.3. The second kappa shape index (κ2) is 10.2. The third kappa shape index (κ3) is 3.79. The molecule has 0 N–H and O–H groups in total. The zero-order valence-corrected chi connectivity index (χ0v) is 26.4. The Hall–Kier alpha value is -6.19. The van der Waals surface area contributed by atoms with Crippen LogP contribution in [0.3, 0.4) is 0 Å². The quantitative estimate of drug-likeness (QED) is 0.199. The number of hydrogen-bond acceptors (Lipinski definition) is 3. The molecule has 0 saturated heterocycles. The van der Waals surface area contributed by atoms with E-state index in [1.54, 1.807) is 0 Å². The van der Waals surface area contributed by atoms with Crippen LogP contribution < -0.4 is 0 Å². The fourth-order valence-corrected chi connectivity index (χ4v) is 8.14. The molecule has 224 valence electrons. The first-order valence-corrected chi connectivity index (χ1v) is 16.5. The van der Waals surface area contributed by atoms with Crippen LogP contribution in [0.25, 0.3) is 78.3 Å². The van der Waals surface area contributed by atoms with Crippen molar-refractivity contribution < 1.29 is 0 Å². The highest BCUT2D eigenvalue weighted by atomic mass is 15.0. The van der Waals surface area contributed by atoms with Crippen LogP contribution in [0, 0.1) is 0 Å². The van der Waals surface area contributed by atoms with Crippen LogP contribution in [0.15, 0.2) is 158 Å². The minimum atomic E-state index is -0.256. The Kier molecular flexibility index (Phi) is 5.71. The van der Waals surface area contributed by atoms with Gasteiger partial charge in [0.05, 0.1) is 0 Å². The van der Waals surface area contributed by atoms with Crippen molar-refractivity contribution in [3.8, 4) is 67.5 Å². The summed E-state index contributed by atoms with van der Waals surface area (Å²) in [6.07, 6.45) is 0. The van der Waals surface area contributed by atoms with Gasteiger partial charge in [-0.2, -0.15) is 0 Å². The maximum absolute atomic E-state index is 5.18. The first-order valence-electron chi connectivity index (χ1n) is 16.5. The summed E-state index contributed by atoms with van der Waals surface area (Å²) in [5, 5.41) is 2.43. The monoisotopic (exact) mass is 611 g/mol. The van der Waals surface area contributed by atoms with Gasteiger partial charge >= 0.3 is 0 Å². The summed E-state index contributed by atoms with van der Waals surface area (Å²) in [4.78, 5) is 15.3. The minimum absolute atomic E-state index is 0.256. The predicted octanol–water partition coefficient (Wildman–Crippen LogP) is 11.0. The van der Waals surface area contributed by atoms with Crippen molar-refractivity contribution in [2.75, 3.05) is 0 Å². The molecule has 48 heavy (non-hydrogen) atoms. The van der Waals surface area contributed by atoms with E-state index >= 15 is 0 Å². The molecule has 2 aliphatic rings. The molecule has 0 bridgehead atoms. The molecule has 0 saturated carbocycles. The lowest BCUT2D eigenvalue weighted by molar-refractivity contribution is 0.719. The Morgan fingerprint density at radius 3 is 1.60 bits per heavy atom. The van der Waals surface area contributed by atoms with Gasteiger partial charge in [-0.1, -0.05) is 152 Å². The molecule has 2 aliphatic carbocycles. The maximum atomic E-state index is 5.18. The largest absolute Gasteiger partial charge is 0.208 e. The first-order chi connectivity index (χ1) is 23.7. The van der Waals surface area contributed by atoms with E-state index in [2.05, 4.69) is 140 Å². The smallest absolute Gasteiger partial charge is 0.164 e. The Morgan fingerprint density at radius 1 is 0.354 bits per heavy atom. The molecule has 0 spiro atoms. The molecule has 10 rings (SSSR count). The molecular weight excluding hydrogens is 583 g/mol. The van der Waals surface area contributed by atoms with Gasteiger partial charge in [0.15, 0.2) is 17.5 Å². The fourth-order valence-electron chi connectivity index (χ4n) is 8.14. The van der Waals surface area contributed by atoms with Gasteiger partial charge in [-0.15, -0.1) is 0 Å². The van der Waals surface area contributed by atoms with Crippen LogP contribution in [0.1, 0.15) is 23.6 Å². The zero-order valence-electron chi connectivity index (χ0n) is 26.4. The molecule has 8 aromatic rings. The van der Waals surface area contributed by atoms with Crippen LogP contribution in [0.2, 0.25) is 0 Å². The number of hydrogen-bond donors (Lipinski definition) is 0. The van der Waals surface area contributed by atoms with Crippen LogP contribution >= 0.6 is 0 Å². The number of aromatic nitrogens is 3. The fraction of sp³-hybridized carbons (Fsp3) is 0.0444. The van der Waals surface area contributed by atoms with Gasteiger partial charge in [0.1, 0.15) is 0 Å². The molecule has 0 aliphatic heterocycles. The average Bonchev–Trinajstić information content (AvgIpc) is 3.43. The molecule has 0 amide bonds. The van der Waals surface area contributed by atoms with E-state index in [1.807, 2.05) is 24.3 Å². The van der Waals surface area contributed by atoms with Crippen LogP contribution in [0.4, 0.5) is 0 Å². The lowest BCUT2D eigenvalue weighted by Gasteiger charge is -2.36. The number of fused-ring (bicyclic) bond motifs is 5. The van der Waals surface area contributed by atoms with E-state index in [0.29, 0.717) is 17.5 Å². The summed E-state index contributed by atoms with van der Waals surface area (Å²) in [7, 11) is 0. The lowest BCUT2D eigenvalue weighted by Crippen LogP contribution is -2.26. The second-order valence-electron chi connectivity index (χ2n) is 12.9. The minimum Gasteiger partial charge on any atom is -0.208 e. The second-order valence-corrected chi connectivity index (χ2v) is 12.9. The summed E-state index contributed by atoms with van der Waals surface area (Å²) >= 11 is 0. The van der Waals surface area contributed by atoms with Gasteiger partial charge in [-0.25, -0.2) is 15.0 Å². The normalized spacial score (nSPS) is 15.3. The summed E-state index contributed by atoms with van der Waals surface area (Å²) < 4.78 is 0. The standard InChI is InChI=1S/C45H29N3/c1-45-38-20-9-8-16-32(38)35-18-10-19-36(41(35)45)34-26-27-37(33-17-11-21-39(45)40(33)34)44-47-42(30-14-6-3-7-15-30)46-43(48-44)31-24-22-29(23-25-31)28-12-4-2-5-13-28/h2-27H,1H3. The van der Waals surface area contributed by atoms with Crippen LogP contribution in [0.5, 0.6) is 0 Å². The Labute approximate surface area is 279 Å². The van der Waals surface area contributed by atoms with Gasteiger partial charge in [-0.05, 0) is 73.8 Å². The number of nitrogens with zero attached hydrogens (tertiary/aromatic N) is 3. The molecule has 1 heterocycles. The Balaban J connectivity index is 1.20. The highest BCUT2D eigenvalue weighted by Gasteiger charge is 2.46. The van der Waals surface area contributed by atoms with E-state index < -0.39 is 0 Å². The predicted molar refractivity (Wildman–Crippen MR) is 196 cm³/mol. The van der Waals surface area contributed by atoms with E-state index in [-0.39, 0.29) is 5.41 Å². The van der Waals surface area contributed by atoms with E-state index in [0.717, 1.165) is 27.6 Å². The first kappa shape index (κ1) is 27.0. The van der Waals surface area contributed by atoms with Crippen LogP contribution in [-0.4, -0.2) is 15.0 Å². The molecule has 0 radical (unpaired) electrons. The van der Waals surface area contributed by atoms with Crippen molar-refractivity contribution in [3.63, 3.8) is 0 Å². The Bertz CT molecular complexity index is 2550. The summed E-state index contributed by atoms with van der Waals surface area (Å²) in [6.45, 7) is 2.40. The highest BCUT2D eigenvalue weighted by Crippen LogP contribution is 2.60. The van der Waals surface area contributed by atoms with Crippen molar-refractivity contribution in [2.45, 2.75) is 12.3 Å². The van der Waals surface area contributed by atoms with E-state index in [9.17, 15) is 0 Å². The number of benzene rings is 7. The third-order valence-electron chi connectivity index (χ3n) is 10.3. The Morgan fingerprint density at radius 2 is 0.854 bits per heavy atom. The van der Waals surface area contributed by atoms with Gasteiger partial charge < -0.3 is 0 Å². The average molecular weight is 612 g/mol. The van der Waals surface area contributed by atoms with Crippen molar-refractivity contribution >= 4 is 10.8 Å². The van der Waals surface area contributed by atoms with Crippen molar-refractivity contribution in [3.05, 3.63) is 174 Å². The van der Waals surface area contributed by atoms with Gasteiger partial charge in [0, 0.05) is 22.1 Å². The molecule has 0 fully saturated rings. The van der Waals surface area contributed by atoms with E-state index in [4.69, 9.17) is 15.0 Å². The molecule has 1 atom stereocenters. The summed E-state index contributed by atoms with van der Waals surface area (Å²) in [6, 6.07) is 56.1. The van der Waals surface area contributed by atoms with Crippen molar-refractivity contribution in [1.29, 1.82) is 0 Å². The molecule has 7 aromatic carbocycles. The van der Waals surface area contributed by atoms with Gasteiger partial charge in [-0.3, -0.25) is 0 Å². The van der Waals surface area contributed by atoms with E-state index in [1.165, 1.54) is 49.9 Å². The molecule has 1 unspecified atom stereocenters. The summed E-state index contributed by atoms with van der Waals surface area (Å²) in [5.41, 5.74) is 14.3. The lowest BCUT2D eigenvalue weighted by atomic mass is 9.66. The molecule has 3 heteroatoms. The van der Waals surface area contributed by atoms with Crippen LogP contribution in [-0.2, 0) is 5.41 Å². The highest BCUT2D eigenvalue weighted by molar-refractivity contribution is 6.11. The van der Waals surface area contributed by atoms with Crippen molar-refractivity contribution in [1.82, 2.24) is 15.0 Å². The molecular formula is C45H29N3. The SMILES string of the molecule is CC12c3ccccc3-c3cccc(c31)-c1ccc(-c3nc(-c4ccccc4)nc(-c4ccc(-c5ccccc5)cc4)n3)c3cccc2c13. The van der Waals surface area contributed by atoms with Gasteiger partial charge in [0.25, 0.3) is 0 Å². The molecule has 3 nitrogen and oxygen atoms in total. The summed E-state index contributed by atoms with van der Waals surface area (Å²) in [5.74, 6) is 1.99. The molecule has 1 aromatic heterocycles. The zero-order chi connectivity index (χ0) is 31.8.